The van der Waals surface area contributed by atoms with Crippen LogP contribution in [0.2, 0.25) is 0 Å². The Bertz CT molecular complexity index is 940. The maximum absolute atomic E-state index is 11.7. The first-order valence-electron chi connectivity index (χ1n) is 8.35. The van der Waals surface area contributed by atoms with E-state index in [1.54, 1.807) is 24.3 Å². The second-order valence-corrected chi connectivity index (χ2v) is 6.45. The van der Waals surface area contributed by atoms with Crippen LogP contribution >= 0.6 is 0 Å². The van der Waals surface area contributed by atoms with E-state index >= 15 is 0 Å². The van der Waals surface area contributed by atoms with E-state index in [2.05, 4.69) is 34.1 Å². The minimum absolute atomic E-state index is 0.246. The van der Waals surface area contributed by atoms with Crippen LogP contribution in [0.3, 0.4) is 0 Å². The lowest BCUT2D eigenvalue weighted by atomic mass is 9.99. The van der Waals surface area contributed by atoms with E-state index in [0.29, 0.717) is 28.3 Å². The van der Waals surface area contributed by atoms with Crippen LogP contribution in [0.1, 0.15) is 28.3 Å². The standard InChI is InChI=1S/C20H19N3O2/c21-15-6-7-18-16(10-15)17(20(24)25)11-19(22-18)23-9-8-14(12-23)13-4-2-1-3-5-13/h1-7,10-11,14H,8-9,12,21H2,(H,24,25). The van der Waals surface area contributed by atoms with Gasteiger partial charge < -0.3 is 15.7 Å². The number of pyridine rings is 1. The van der Waals surface area contributed by atoms with Crippen LogP contribution in [0, 0.1) is 0 Å². The van der Waals surface area contributed by atoms with Crippen LogP contribution in [-0.4, -0.2) is 29.1 Å². The highest BCUT2D eigenvalue weighted by Gasteiger charge is 2.26. The van der Waals surface area contributed by atoms with Crippen molar-refractivity contribution in [2.75, 3.05) is 23.7 Å². The number of hydrogen-bond acceptors (Lipinski definition) is 4. The molecule has 1 fully saturated rings. The molecule has 25 heavy (non-hydrogen) atoms. The van der Waals surface area contributed by atoms with Gasteiger partial charge in [0, 0.05) is 30.1 Å². The Labute approximate surface area is 145 Å². The lowest BCUT2D eigenvalue weighted by molar-refractivity contribution is 0.0699. The van der Waals surface area contributed by atoms with Gasteiger partial charge >= 0.3 is 5.97 Å². The second kappa shape index (κ2) is 6.09. The van der Waals surface area contributed by atoms with Crippen LogP contribution in [0.15, 0.2) is 54.6 Å². The van der Waals surface area contributed by atoms with Gasteiger partial charge in [0.25, 0.3) is 0 Å². The minimum atomic E-state index is -0.960. The molecule has 1 atom stereocenters. The molecule has 1 aromatic heterocycles. The number of rotatable bonds is 3. The van der Waals surface area contributed by atoms with Gasteiger partial charge in [-0.2, -0.15) is 0 Å². The third-order valence-corrected chi connectivity index (χ3v) is 4.83. The lowest BCUT2D eigenvalue weighted by Crippen LogP contribution is -2.21. The summed E-state index contributed by atoms with van der Waals surface area (Å²) < 4.78 is 0. The van der Waals surface area contributed by atoms with E-state index in [-0.39, 0.29) is 5.56 Å². The number of carboxylic acids is 1. The number of aromatic carboxylic acids is 1. The van der Waals surface area contributed by atoms with Gasteiger partial charge in [-0.1, -0.05) is 30.3 Å². The first-order valence-corrected chi connectivity index (χ1v) is 8.35. The Hall–Kier alpha value is -3.08. The number of hydrogen-bond donors (Lipinski definition) is 2. The van der Waals surface area contributed by atoms with Crippen molar-refractivity contribution < 1.29 is 9.90 Å². The van der Waals surface area contributed by atoms with Gasteiger partial charge in [-0.25, -0.2) is 9.78 Å². The Morgan fingerprint density at radius 2 is 1.96 bits per heavy atom. The zero-order valence-electron chi connectivity index (χ0n) is 13.7. The van der Waals surface area contributed by atoms with Crippen molar-refractivity contribution in [1.82, 2.24) is 4.98 Å². The molecule has 0 radical (unpaired) electrons. The zero-order valence-corrected chi connectivity index (χ0v) is 13.7. The van der Waals surface area contributed by atoms with Crippen molar-refractivity contribution in [3.05, 3.63) is 65.7 Å². The highest BCUT2D eigenvalue weighted by Crippen LogP contribution is 2.32. The van der Waals surface area contributed by atoms with Gasteiger partial charge in [0.2, 0.25) is 0 Å². The Kier molecular flexibility index (Phi) is 3.76. The summed E-state index contributed by atoms with van der Waals surface area (Å²) >= 11 is 0. The molecule has 0 bridgehead atoms. The molecule has 3 N–H and O–H groups in total. The summed E-state index contributed by atoms with van der Waals surface area (Å²) in [5, 5.41) is 10.2. The second-order valence-electron chi connectivity index (χ2n) is 6.45. The largest absolute Gasteiger partial charge is 0.478 e. The van der Waals surface area contributed by atoms with Crippen molar-refractivity contribution in [2.45, 2.75) is 12.3 Å². The predicted octanol–water partition coefficient (Wildman–Crippen LogP) is 3.51. The number of anilines is 2. The maximum atomic E-state index is 11.7. The topological polar surface area (TPSA) is 79.5 Å². The van der Waals surface area contributed by atoms with Crippen molar-refractivity contribution in [3.8, 4) is 0 Å². The van der Waals surface area contributed by atoms with E-state index in [0.717, 1.165) is 19.5 Å². The van der Waals surface area contributed by atoms with Crippen LogP contribution in [0.4, 0.5) is 11.5 Å². The monoisotopic (exact) mass is 333 g/mol. The Morgan fingerprint density at radius 1 is 1.16 bits per heavy atom. The average Bonchev–Trinajstić information content (AvgIpc) is 3.11. The van der Waals surface area contributed by atoms with Crippen molar-refractivity contribution in [3.63, 3.8) is 0 Å². The van der Waals surface area contributed by atoms with Crippen LogP contribution < -0.4 is 10.6 Å². The molecular weight excluding hydrogens is 314 g/mol. The van der Waals surface area contributed by atoms with Crippen LogP contribution in [0.25, 0.3) is 10.9 Å². The van der Waals surface area contributed by atoms with Crippen LogP contribution in [-0.2, 0) is 0 Å². The molecule has 4 rings (SSSR count). The van der Waals surface area contributed by atoms with Gasteiger partial charge in [-0.05, 0) is 36.2 Å². The number of benzene rings is 2. The molecule has 0 spiro atoms. The van der Waals surface area contributed by atoms with E-state index < -0.39 is 5.97 Å². The molecule has 1 saturated heterocycles. The Morgan fingerprint density at radius 3 is 2.72 bits per heavy atom. The van der Waals surface area contributed by atoms with E-state index in [4.69, 9.17) is 5.73 Å². The first-order chi connectivity index (χ1) is 12.1. The molecule has 5 heteroatoms. The fraction of sp³-hybridized carbons (Fsp3) is 0.200. The molecule has 1 unspecified atom stereocenters. The normalized spacial score (nSPS) is 17.1. The van der Waals surface area contributed by atoms with Crippen molar-refractivity contribution in [1.29, 1.82) is 0 Å². The summed E-state index contributed by atoms with van der Waals surface area (Å²) in [6.45, 7) is 1.71. The summed E-state index contributed by atoms with van der Waals surface area (Å²) in [7, 11) is 0. The van der Waals surface area contributed by atoms with E-state index in [1.165, 1.54) is 5.56 Å². The number of nitrogens with zero attached hydrogens (tertiary/aromatic N) is 2. The van der Waals surface area contributed by atoms with Gasteiger partial charge in [-0.3, -0.25) is 0 Å². The smallest absolute Gasteiger partial charge is 0.336 e. The molecule has 5 nitrogen and oxygen atoms in total. The molecule has 0 aliphatic carbocycles. The third kappa shape index (κ3) is 2.89. The number of nitrogen functional groups attached to an aromatic ring is 1. The van der Waals surface area contributed by atoms with E-state index in [9.17, 15) is 9.90 Å². The molecule has 2 aromatic carbocycles. The zero-order chi connectivity index (χ0) is 17.4. The minimum Gasteiger partial charge on any atom is -0.478 e. The molecule has 1 aliphatic rings. The number of carbonyl (C=O) groups is 1. The quantitative estimate of drug-likeness (QED) is 0.717. The van der Waals surface area contributed by atoms with Gasteiger partial charge in [0.05, 0.1) is 11.1 Å². The molecule has 1 aliphatic heterocycles. The number of nitrogens with two attached hydrogens (primary N) is 1. The summed E-state index contributed by atoms with van der Waals surface area (Å²) in [6, 6.07) is 17.3. The van der Waals surface area contributed by atoms with Crippen molar-refractivity contribution in [2.24, 2.45) is 0 Å². The fourth-order valence-electron chi connectivity index (χ4n) is 3.53. The maximum Gasteiger partial charge on any atom is 0.336 e. The predicted molar refractivity (Wildman–Crippen MR) is 99.1 cm³/mol. The number of fused-ring (bicyclic) bond motifs is 1. The summed E-state index contributed by atoms with van der Waals surface area (Å²) in [6.07, 6.45) is 1.04. The molecular formula is C20H19N3O2. The first kappa shape index (κ1) is 15.4. The molecule has 2 heterocycles. The van der Waals surface area contributed by atoms with Gasteiger partial charge in [-0.15, -0.1) is 0 Å². The molecule has 0 saturated carbocycles. The third-order valence-electron chi connectivity index (χ3n) is 4.83. The Balaban J connectivity index is 1.70. The van der Waals surface area contributed by atoms with Crippen molar-refractivity contribution >= 4 is 28.4 Å². The lowest BCUT2D eigenvalue weighted by Gasteiger charge is -2.19. The highest BCUT2D eigenvalue weighted by molar-refractivity contribution is 6.04. The van der Waals surface area contributed by atoms with Gasteiger partial charge in [0.1, 0.15) is 5.82 Å². The molecule has 0 amide bonds. The van der Waals surface area contributed by atoms with E-state index in [1.807, 2.05) is 6.07 Å². The SMILES string of the molecule is Nc1ccc2nc(N3CCC(c4ccccc4)C3)cc(C(=O)O)c2c1. The van der Waals surface area contributed by atoms with Crippen LogP contribution in [0.5, 0.6) is 0 Å². The summed E-state index contributed by atoms with van der Waals surface area (Å²) in [5.74, 6) is 0.199. The molecule has 126 valence electrons. The summed E-state index contributed by atoms with van der Waals surface area (Å²) in [5.41, 5.74) is 8.56. The number of aromatic nitrogens is 1. The average molecular weight is 333 g/mol. The summed E-state index contributed by atoms with van der Waals surface area (Å²) in [4.78, 5) is 18.5. The molecule has 3 aromatic rings. The fourth-order valence-corrected chi connectivity index (χ4v) is 3.53. The van der Waals surface area contributed by atoms with Gasteiger partial charge in [0.15, 0.2) is 0 Å². The number of carboxylic acid groups (broad SMARTS) is 1. The highest BCUT2D eigenvalue weighted by atomic mass is 16.4.